The van der Waals surface area contributed by atoms with Crippen LogP contribution >= 0.6 is 11.6 Å². The van der Waals surface area contributed by atoms with Gasteiger partial charge in [-0.05, 0) is 31.0 Å². The Hall–Kier alpha value is -2.54. The van der Waals surface area contributed by atoms with Gasteiger partial charge in [0.1, 0.15) is 6.33 Å². The average molecular weight is 347 g/mol. The maximum absolute atomic E-state index is 12.8. The number of aromatic nitrogens is 3. The summed E-state index contributed by atoms with van der Waals surface area (Å²) >= 11 is 6.09. The molecular weight excluding hydrogens is 332 g/mol. The van der Waals surface area contributed by atoms with Crippen LogP contribution in [0.15, 0.2) is 40.0 Å². The van der Waals surface area contributed by atoms with Crippen molar-refractivity contribution >= 4 is 28.5 Å². The van der Waals surface area contributed by atoms with E-state index in [1.807, 2.05) is 0 Å². The quantitative estimate of drug-likeness (QED) is 0.772. The summed E-state index contributed by atoms with van der Waals surface area (Å²) in [6.45, 7) is 1.17. The number of carbonyl (C=O) groups excluding carboxylic acids is 1. The largest absolute Gasteiger partial charge is 0.463 e. The first-order valence-electron chi connectivity index (χ1n) is 7.71. The van der Waals surface area contributed by atoms with Gasteiger partial charge in [0.25, 0.3) is 5.91 Å². The van der Waals surface area contributed by atoms with Crippen LogP contribution in [0.4, 0.5) is 0 Å². The van der Waals surface area contributed by atoms with E-state index in [1.165, 1.54) is 12.6 Å². The highest BCUT2D eigenvalue weighted by atomic mass is 35.5. The minimum atomic E-state index is -0.211. The van der Waals surface area contributed by atoms with Gasteiger partial charge in [0, 0.05) is 24.5 Å². The summed E-state index contributed by atoms with van der Waals surface area (Å²) in [6.07, 6.45) is 4.48. The molecule has 1 saturated heterocycles. The Kier molecular flexibility index (Phi) is 3.65. The first-order valence-corrected chi connectivity index (χ1v) is 8.09. The Labute approximate surface area is 141 Å². The van der Waals surface area contributed by atoms with Gasteiger partial charge >= 0.3 is 5.69 Å². The van der Waals surface area contributed by atoms with Gasteiger partial charge in [-0.1, -0.05) is 11.6 Å². The van der Waals surface area contributed by atoms with E-state index in [0.29, 0.717) is 42.1 Å². The molecule has 1 fully saturated rings. The van der Waals surface area contributed by atoms with Gasteiger partial charge in [0.05, 0.1) is 16.8 Å². The maximum Gasteiger partial charge on any atom is 0.343 e. The van der Waals surface area contributed by atoms with Crippen molar-refractivity contribution in [2.45, 2.75) is 18.9 Å². The summed E-state index contributed by atoms with van der Waals surface area (Å²) in [4.78, 5) is 26.3. The van der Waals surface area contributed by atoms with Crippen LogP contribution in [-0.2, 0) is 0 Å². The molecule has 124 valence electrons. The van der Waals surface area contributed by atoms with Gasteiger partial charge in [0.2, 0.25) is 0 Å². The molecule has 0 saturated carbocycles. The summed E-state index contributed by atoms with van der Waals surface area (Å²) in [5.41, 5.74) is 0.905. The van der Waals surface area contributed by atoms with E-state index in [-0.39, 0.29) is 17.6 Å². The fourth-order valence-electron chi connectivity index (χ4n) is 3.25. The highest BCUT2D eigenvalue weighted by molar-refractivity contribution is 6.35. The van der Waals surface area contributed by atoms with Crippen molar-refractivity contribution in [2.24, 2.45) is 0 Å². The Morgan fingerprint density at radius 2 is 2.08 bits per heavy atom. The van der Waals surface area contributed by atoms with Crippen molar-refractivity contribution in [3.8, 4) is 0 Å². The number of hydrogen-bond acceptors (Lipinski definition) is 4. The zero-order chi connectivity index (χ0) is 16.7. The summed E-state index contributed by atoms with van der Waals surface area (Å²) in [5, 5.41) is 7.37. The van der Waals surface area contributed by atoms with Crippen LogP contribution in [0.25, 0.3) is 11.0 Å². The molecule has 3 heterocycles. The standard InChI is InChI=1S/C16H15ClN4O3/c17-13-2-1-12(11-5-8-24-14(11)13)15(22)20-6-3-10(4-7-20)21-9-18-19-16(21)23/h1-2,5,8-10H,3-4,6-7H2,(H,19,23). The third kappa shape index (κ3) is 2.41. The van der Waals surface area contributed by atoms with Crippen LogP contribution < -0.4 is 5.69 Å². The van der Waals surface area contributed by atoms with Crippen LogP contribution in [0, 0.1) is 0 Å². The summed E-state index contributed by atoms with van der Waals surface area (Å²) < 4.78 is 6.95. The van der Waals surface area contributed by atoms with E-state index in [4.69, 9.17) is 16.0 Å². The number of piperidine rings is 1. The summed E-state index contributed by atoms with van der Waals surface area (Å²) in [5.74, 6) is -0.0453. The van der Waals surface area contributed by atoms with E-state index in [1.54, 1.807) is 27.7 Å². The Bertz CT molecular complexity index is 950. The molecule has 1 aromatic carbocycles. The number of aromatic amines is 1. The maximum atomic E-state index is 12.8. The molecule has 0 bridgehead atoms. The first kappa shape index (κ1) is 15.0. The topological polar surface area (TPSA) is 84.1 Å². The summed E-state index contributed by atoms with van der Waals surface area (Å²) in [7, 11) is 0. The van der Waals surface area contributed by atoms with Crippen molar-refractivity contribution in [2.75, 3.05) is 13.1 Å². The number of fused-ring (bicyclic) bond motifs is 1. The normalized spacial score (nSPS) is 16.0. The predicted molar refractivity (Wildman–Crippen MR) is 88.2 cm³/mol. The van der Waals surface area contributed by atoms with E-state index < -0.39 is 0 Å². The minimum Gasteiger partial charge on any atom is -0.463 e. The number of likely N-dealkylation sites (tertiary alicyclic amines) is 1. The molecule has 1 aliphatic heterocycles. The molecule has 0 atom stereocenters. The molecule has 0 aliphatic carbocycles. The Morgan fingerprint density at radius 1 is 1.29 bits per heavy atom. The lowest BCUT2D eigenvalue weighted by Crippen LogP contribution is -2.40. The van der Waals surface area contributed by atoms with E-state index in [9.17, 15) is 9.59 Å². The lowest BCUT2D eigenvalue weighted by molar-refractivity contribution is 0.0695. The molecule has 0 radical (unpaired) electrons. The third-order valence-electron chi connectivity index (χ3n) is 4.52. The number of benzene rings is 1. The van der Waals surface area contributed by atoms with Crippen molar-refractivity contribution in [3.05, 3.63) is 51.9 Å². The SMILES string of the molecule is O=C(c1ccc(Cl)c2occc12)N1CCC(n2cn[nH]c2=O)CC1. The van der Waals surface area contributed by atoms with Crippen LogP contribution in [0.3, 0.4) is 0 Å². The lowest BCUT2D eigenvalue weighted by Gasteiger charge is -2.32. The van der Waals surface area contributed by atoms with Crippen molar-refractivity contribution in [1.29, 1.82) is 0 Å². The number of hydrogen-bond donors (Lipinski definition) is 1. The second-order valence-corrected chi connectivity index (χ2v) is 6.26. The van der Waals surface area contributed by atoms with E-state index in [2.05, 4.69) is 10.2 Å². The number of rotatable bonds is 2. The van der Waals surface area contributed by atoms with Crippen LogP contribution in [0.5, 0.6) is 0 Å². The van der Waals surface area contributed by atoms with Crippen LogP contribution in [0.2, 0.25) is 5.02 Å². The molecular formula is C16H15ClN4O3. The van der Waals surface area contributed by atoms with E-state index >= 15 is 0 Å². The van der Waals surface area contributed by atoms with Gasteiger partial charge in [-0.2, -0.15) is 5.10 Å². The average Bonchev–Trinajstić information content (AvgIpc) is 3.24. The van der Waals surface area contributed by atoms with Crippen LogP contribution in [-0.4, -0.2) is 38.7 Å². The number of H-pyrrole nitrogens is 1. The molecule has 1 aliphatic rings. The zero-order valence-corrected chi connectivity index (χ0v) is 13.5. The fourth-order valence-corrected chi connectivity index (χ4v) is 3.46. The van der Waals surface area contributed by atoms with E-state index in [0.717, 1.165) is 5.39 Å². The van der Waals surface area contributed by atoms with Gasteiger partial charge < -0.3 is 9.32 Å². The smallest absolute Gasteiger partial charge is 0.343 e. The number of nitrogens with one attached hydrogen (secondary N) is 1. The molecule has 24 heavy (non-hydrogen) atoms. The summed E-state index contributed by atoms with van der Waals surface area (Å²) in [6, 6.07) is 5.24. The molecule has 0 spiro atoms. The van der Waals surface area contributed by atoms with Crippen molar-refractivity contribution in [3.63, 3.8) is 0 Å². The molecule has 8 heteroatoms. The Balaban J connectivity index is 1.54. The highest BCUT2D eigenvalue weighted by Gasteiger charge is 2.26. The zero-order valence-electron chi connectivity index (χ0n) is 12.7. The number of nitrogens with zero attached hydrogens (tertiary/aromatic N) is 3. The van der Waals surface area contributed by atoms with Crippen LogP contribution in [0.1, 0.15) is 29.2 Å². The minimum absolute atomic E-state index is 0.0453. The monoisotopic (exact) mass is 346 g/mol. The number of furan rings is 1. The molecule has 1 N–H and O–H groups in total. The molecule has 0 unspecified atom stereocenters. The molecule has 7 nitrogen and oxygen atoms in total. The van der Waals surface area contributed by atoms with Gasteiger partial charge in [-0.25, -0.2) is 9.89 Å². The molecule has 2 aromatic heterocycles. The van der Waals surface area contributed by atoms with Gasteiger partial charge in [0.15, 0.2) is 5.58 Å². The van der Waals surface area contributed by atoms with Gasteiger partial charge in [-0.15, -0.1) is 0 Å². The van der Waals surface area contributed by atoms with Crippen molar-refractivity contribution < 1.29 is 9.21 Å². The number of halogens is 1. The lowest BCUT2D eigenvalue weighted by atomic mass is 10.0. The Morgan fingerprint density at radius 3 is 2.79 bits per heavy atom. The second kappa shape index (κ2) is 5.83. The van der Waals surface area contributed by atoms with Gasteiger partial charge in [-0.3, -0.25) is 9.36 Å². The molecule has 3 aromatic rings. The number of carbonyl (C=O) groups is 1. The highest BCUT2D eigenvalue weighted by Crippen LogP contribution is 2.29. The number of amides is 1. The fraction of sp³-hybridized carbons (Fsp3) is 0.312. The predicted octanol–water partition coefficient (Wildman–Crippen LogP) is 2.45. The van der Waals surface area contributed by atoms with Crippen molar-refractivity contribution in [1.82, 2.24) is 19.7 Å². The molecule has 1 amide bonds. The third-order valence-corrected chi connectivity index (χ3v) is 4.82. The second-order valence-electron chi connectivity index (χ2n) is 5.85. The first-order chi connectivity index (χ1) is 11.6. The molecule has 4 rings (SSSR count).